The molecule has 0 aliphatic rings. The summed E-state index contributed by atoms with van der Waals surface area (Å²) in [4.78, 5) is 12.5. The maximum Gasteiger partial charge on any atom is 0.255 e. The summed E-state index contributed by atoms with van der Waals surface area (Å²) in [7, 11) is 0. The van der Waals surface area contributed by atoms with Crippen molar-refractivity contribution >= 4 is 27.5 Å². The molecule has 2 aromatic carbocycles. The van der Waals surface area contributed by atoms with E-state index in [0.717, 1.165) is 21.3 Å². The van der Waals surface area contributed by atoms with Crippen molar-refractivity contribution in [1.29, 1.82) is 0 Å². The molecule has 0 aliphatic heterocycles. The molecule has 0 fully saturated rings. The van der Waals surface area contributed by atoms with Crippen molar-refractivity contribution in [2.75, 3.05) is 5.32 Å². The molecule has 0 heterocycles. The van der Waals surface area contributed by atoms with Gasteiger partial charge in [0.2, 0.25) is 0 Å². The summed E-state index contributed by atoms with van der Waals surface area (Å²) in [6, 6.07) is 13.6. The number of benzene rings is 2. The highest BCUT2D eigenvalue weighted by Crippen LogP contribution is 2.30. The number of para-hydroxylation sites is 1. The van der Waals surface area contributed by atoms with Crippen LogP contribution in [0.5, 0.6) is 0 Å². The zero-order valence-corrected chi connectivity index (χ0v) is 14.4. The van der Waals surface area contributed by atoms with Crippen LogP contribution in [0.4, 0.5) is 5.69 Å². The molecule has 3 heteroatoms. The first-order valence-corrected chi connectivity index (χ1v) is 7.76. The summed E-state index contributed by atoms with van der Waals surface area (Å²) in [6.45, 7) is 8.36. The molecular formula is C18H20BrNO. The van der Waals surface area contributed by atoms with Gasteiger partial charge in [-0.05, 0) is 41.7 Å². The van der Waals surface area contributed by atoms with Gasteiger partial charge in [-0.15, -0.1) is 0 Å². The summed E-state index contributed by atoms with van der Waals surface area (Å²) in [5.41, 5.74) is 3.62. The van der Waals surface area contributed by atoms with Crippen LogP contribution in [-0.4, -0.2) is 5.91 Å². The molecule has 0 saturated heterocycles. The molecule has 0 bridgehead atoms. The van der Waals surface area contributed by atoms with E-state index in [1.807, 2.05) is 43.3 Å². The predicted molar refractivity (Wildman–Crippen MR) is 92.0 cm³/mol. The van der Waals surface area contributed by atoms with Crippen LogP contribution in [-0.2, 0) is 5.41 Å². The average Bonchev–Trinajstić information content (AvgIpc) is 2.41. The van der Waals surface area contributed by atoms with E-state index in [-0.39, 0.29) is 11.3 Å². The summed E-state index contributed by atoms with van der Waals surface area (Å²) in [5.74, 6) is -0.0782. The van der Waals surface area contributed by atoms with Crippen LogP contribution in [0.3, 0.4) is 0 Å². The molecule has 0 spiro atoms. The Bertz CT molecular complexity index is 671. The van der Waals surface area contributed by atoms with Crippen molar-refractivity contribution in [2.24, 2.45) is 0 Å². The molecule has 1 amide bonds. The van der Waals surface area contributed by atoms with Gasteiger partial charge in [-0.25, -0.2) is 0 Å². The van der Waals surface area contributed by atoms with Crippen molar-refractivity contribution in [3.05, 3.63) is 63.6 Å². The quantitative estimate of drug-likeness (QED) is 0.785. The molecule has 0 unspecified atom stereocenters. The van der Waals surface area contributed by atoms with E-state index >= 15 is 0 Å². The number of amides is 1. The van der Waals surface area contributed by atoms with E-state index in [1.54, 1.807) is 0 Å². The number of carbonyl (C=O) groups excluding carboxylic acids is 1. The molecule has 2 nitrogen and oxygen atoms in total. The van der Waals surface area contributed by atoms with E-state index in [2.05, 4.69) is 48.1 Å². The third-order valence-electron chi connectivity index (χ3n) is 3.50. The van der Waals surface area contributed by atoms with E-state index < -0.39 is 0 Å². The highest BCUT2D eigenvalue weighted by molar-refractivity contribution is 9.10. The maximum atomic E-state index is 12.5. The fraction of sp³-hybridized carbons (Fsp3) is 0.278. The van der Waals surface area contributed by atoms with Crippen molar-refractivity contribution < 1.29 is 4.79 Å². The van der Waals surface area contributed by atoms with Gasteiger partial charge in [0.25, 0.3) is 5.91 Å². The Morgan fingerprint density at radius 1 is 1.05 bits per heavy atom. The van der Waals surface area contributed by atoms with Crippen molar-refractivity contribution in [3.8, 4) is 0 Å². The summed E-state index contributed by atoms with van der Waals surface area (Å²) < 4.78 is 0.944. The number of hydrogen-bond acceptors (Lipinski definition) is 1. The van der Waals surface area contributed by atoms with Gasteiger partial charge in [0.1, 0.15) is 0 Å². The first-order valence-electron chi connectivity index (χ1n) is 6.96. The molecule has 2 aromatic rings. The normalized spacial score (nSPS) is 11.3. The van der Waals surface area contributed by atoms with Crippen LogP contribution in [0.15, 0.2) is 46.9 Å². The second-order valence-corrected chi connectivity index (χ2v) is 7.02. The third kappa shape index (κ3) is 3.53. The van der Waals surface area contributed by atoms with E-state index in [9.17, 15) is 4.79 Å². The molecule has 1 N–H and O–H groups in total. The number of rotatable bonds is 2. The Balaban J connectivity index is 2.35. The van der Waals surface area contributed by atoms with Crippen LogP contribution >= 0.6 is 15.9 Å². The first kappa shape index (κ1) is 15.8. The lowest BCUT2D eigenvalue weighted by atomic mass is 9.86. The highest BCUT2D eigenvalue weighted by atomic mass is 79.9. The van der Waals surface area contributed by atoms with Gasteiger partial charge in [-0.3, -0.25) is 4.79 Å². The lowest BCUT2D eigenvalue weighted by molar-refractivity contribution is 0.102. The van der Waals surface area contributed by atoms with Gasteiger partial charge in [-0.2, -0.15) is 0 Å². The van der Waals surface area contributed by atoms with E-state index in [1.165, 1.54) is 0 Å². The van der Waals surface area contributed by atoms with Crippen molar-refractivity contribution in [3.63, 3.8) is 0 Å². The van der Waals surface area contributed by atoms with Gasteiger partial charge in [0.05, 0.1) is 0 Å². The fourth-order valence-corrected chi connectivity index (χ4v) is 2.66. The van der Waals surface area contributed by atoms with Crippen molar-refractivity contribution in [1.82, 2.24) is 0 Å². The minimum Gasteiger partial charge on any atom is -0.322 e. The average molecular weight is 346 g/mol. The van der Waals surface area contributed by atoms with Crippen LogP contribution < -0.4 is 5.32 Å². The minimum atomic E-state index is -0.0782. The Morgan fingerprint density at radius 3 is 2.38 bits per heavy atom. The summed E-state index contributed by atoms with van der Waals surface area (Å²) in [6.07, 6.45) is 0. The molecule has 2 rings (SSSR count). The van der Waals surface area contributed by atoms with Crippen LogP contribution in [0.1, 0.15) is 42.3 Å². The molecule has 0 aromatic heterocycles. The van der Waals surface area contributed by atoms with Gasteiger partial charge >= 0.3 is 0 Å². The van der Waals surface area contributed by atoms with Crippen LogP contribution in [0.25, 0.3) is 0 Å². The van der Waals surface area contributed by atoms with Crippen LogP contribution in [0.2, 0.25) is 0 Å². The second-order valence-electron chi connectivity index (χ2n) is 6.16. The second kappa shape index (κ2) is 6.02. The molecule has 21 heavy (non-hydrogen) atoms. The number of carbonyl (C=O) groups is 1. The predicted octanol–water partition coefficient (Wildman–Crippen LogP) is 5.31. The van der Waals surface area contributed by atoms with Gasteiger partial charge < -0.3 is 5.32 Å². The molecule has 0 aliphatic carbocycles. The zero-order valence-electron chi connectivity index (χ0n) is 12.8. The number of nitrogens with one attached hydrogen (secondary N) is 1. The van der Waals surface area contributed by atoms with Gasteiger partial charge in [-0.1, -0.05) is 61.0 Å². The van der Waals surface area contributed by atoms with E-state index in [4.69, 9.17) is 0 Å². The zero-order chi connectivity index (χ0) is 15.6. The molecule has 0 saturated carbocycles. The van der Waals surface area contributed by atoms with Gasteiger partial charge in [0, 0.05) is 15.7 Å². The summed E-state index contributed by atoms with van der Waals surface area (Å²) in [5, 5.41) is 3.04. The molecule has 0 radical (unpaired) electrons. The molecular weight excluding hydrogens is 326 g/mol. The maximum absolute atomic E-state index is 12.5. The fourth-order valence-electron chi connectivity index (χ4n) is 2.29. The monoisotopic (exact) mass is 345 g/mol. The van der Waals surface area contributed by atoms with E-state index in [0.29, 0.717) is 5.56 Å². The lowest BCUT2D eigenvalue weighted by Crippen LogP contribution is -2.19. The Hall–Kier alpha value is -1.61. The van der Waals surface area contributed by atoms with Gasteiger partial charge in [0.15, 0.2) is 0 Å². The Kier molecular flexibility index (Phi) is 4.52. The third-order valence-corrected chi connectivity index (χ3v) is 4.35. The standard InChI is InChI=1S/C18H20BrNO/c1-12-13(8-7-10-15(12)19)17(21)20-16-11-6-5-9-14(16)18(2,3)4/h5-11H,1-4H3,(H,20,21). The number of anilines is 1. The molecule has 0 atom stereocenters. The minimum absolute atomic E-state index is 0.0177. The SMILES string of the molecule is Cc1c(Br)cccc1C(=O)Nc1ccccc1C(C)(C)C. The van der Waals surface area contributed by atoms with Crippen molar-refractivity contribution in [2.45, 2.75) is 33.1 Å². The molecule has 110 valence electrons. The number of halogens is 1. The topological polar surface area (TPSA) is 29.1 Å². The smallest absolute Gasteiger partial charge is 0.255 e. The first-order chi connectivity index (χ1) is 9.80. The highest BCUT2D eigenvalue weighted by Gasteiger charge is 2.19. The Labute approximate surface area is 134 Å². The lowest BCUT2D eigenvalue weighted by Gasteiger charge is -2.23. The summed E-state index contributed by atoms with van der Waals surface area (Å²) >= 11 is 3.47. The van der Waals surface area contributed by atoms with Crippen LogP contribution in [0, 0.1) is 6.92 Å². The Morgan fingerprint density at radius 2 is 1.71 bits per heavy atom. The number of hydrogen-bond donors (Lipinski definition) is 1. The largest absolute Gasteiger partial charge is 0.322 e.